The van der Waals surface area contributed by atoms with Crippen LogP contribution in [-0.2, 0) is 24.7 Å². The lowest BCUT2D eigenvalue weighted by Gasteiger charge is -2.17. The first-order valence-corrected chi connectivity index (χ1v) is 9.36. The average molecular weight is 377 g/mol. The number of benzene rings is 2. The number of fused-ring (bicyclic) bond motifs is 1. The molecule has 0 radical (unpaired) electrons. The first kappa shape index (κ1) is 18.1. The molecule has 0 bridgehead atoms. The van der Waals surface area contributed by atoms with Crippen LogP contribution in [0.25, 0.3) is 11.3 Å². The largest absolute Gasteiger partial charge is 0.496 e. The molecule has 6 heteroatoms. The number of hydrogen-bond donors (Lipinski definition) is 1. The molecule has 1 N–H and O–H groups in total. The molecule has 2 aromatic carbocycles. The third-order valence-corrected chi connectivity index (χ3v) is 4.87. The van der Waals surface area contributed by atoms with Crippen molar-refractivity contribution in [3.63, 3.8) is 0 Å². The molecule has 6 nitrogen and oxygen atoms in total. The fraction of sp³-hybridized carbons (Fsp3) is 0.273. The smallest absolute Gasteiger partial charge is 0.229 e. The van der Waals surface area contributed by atoms with E-state index in [1.807, 2.05) is 49.5 Å². The summed E-state index contributed by atoms with van der Waals surface area (Å²) in [7, 11) is 3.44. The molecule has 144 valence electrons. The normalized spacial score (nSPS) is 12.8. The number of nitrogens with one attached hydrogen (secondary N) is 1. The molecular formula is C22H23N3O3. The number of carbonyl (C=O) groups is 1. The summed E-state index contributed by atoms with van der Waals surface area (Å²) in [6, 6.07) is 15.5. The predicted octanol–water partition coefficient (Wildman–Crippen LogP) is 3.60. The fourth-order valence-corrected chi connectivity index (χ4v) is 3.47. The molecule has 0 spiro atoms. The minimum Gasteiger partial charge on any atom is -0.496 e. The number of hydrogen-bond acceptors (Lipinski definition) is 4. The van der Waals surface area contributed by atoms with E-state index in [4.69, 9.17) is 9.47 Å². The van der Waals surface area contributed by atoms with Crippen LogP contribution in [0.1, 0.15) is 17.5 Å². The van der Waals surface area contributed by atoms with Crippen LogP contribution in [0, 0.1) is 0 Å². The van der Waals surface area contributed by atoms with Crippen molar-refractivity contribution in [1.29, 1.82) is 0 Å². The Bertz CT molecular complexity index is 1010. The molecule has 2 heterocycles. The topological polar surface area (TPSA) is 65.4 Å². The highest BCUT2D eigenvalue weighted by molar-refractivity contribution is 5.92. The highest BCUT2D eigenvalue weighted by atomic mass is 16.5. The molecular weight excluding hydrogens is 354 g/mol. The van der Waals surface area contributed by atoms with Crippen molar-refractivity contribution in [2.24, 2.45) is 7.05 Å². The minimum atomic E-state index is -0.0775. The van der Waals surface area contributed by atoms with Crippen LogP contribution in [0.4, 0.5) is 5.82 Å². The maximum atomic E-state index is 12.6. The quantitative estimate of drug-likeness (QED) is 0.738. The van der Waals surface area contributed by atoms with Crippen molar-refractivity contribution in [3.05, 3.63) is 59.7 Å². The monoisotopic (exact) mass is 377 g/mol. The van der Waals surface area contributed by atoms with Gasteiger partial charge in [-0.05, 0) is 42.2 Å². The van der Waals surface area contributed by atoms with Crippen molar-refractivity contribution in [2.75, 3.05) is 19.0 Å². The van der Waals surface area contributed by atoms with Gasteiger partial charge in [-0.25, -0.2) is 0 Å². The summed E-state index contributed by atoms with van der Waals surface area (Å²) < 4.78 is 12.7. The summed E-state index contributed by atoms with van der Waals surface area (Å²) in [5, 5.41) is 7.47. The Labute approximate surface area is 164 Å². The van der Waals surface area contributed by atoms with Gasteiger partial charge in [0.05, 0.1) is 25.8 Å². The number of ether oxygens (including phenoxy) is 2. The number of methoxy groups -OCH3 is 1. The van der Waals surface area contributed by atoms with Gasteiger partial charge >= 0.3 is 0 Å². The second-order valence-electron chi connectivity index (χ2n) is 6.86. The van der Waals surface area contributed by atoms with Gasteiger partial charge in [-0.15, -0.1) is 0 Å². The van der Waals surface area contributed by atoms with E-state index in [9.17, 15) is 4.79 Å². The molecule has 1 aliphatic heterocycles. The number of rotatable bonds is 5. The third-order valence-electron chi connectivity index (χ3n) is 4.87. The third kappa shape index (κ3) is 3.71. The molecule has 0 saturated carbocycles. The molecule has 0 atom stereocenters. The molecule has 0 saturated heterocycles. The van der Waals surface area contributed by atoms with E-state index >= 15 is 0 Å². The number of para-hydroxylation sites is 1. The van der Waals surface area contributed by atoms with Crippen molar-refractivity contribution in [3.8, 4) is 22.8 Å². The van der Waals surface area contributed by atoms with Gasteiger partial charge < -0.3 is 14.8 Å². The van der Waals surface area contributed by atoms with Gasteiger partial charge in [0.1, 0.15) is 17.3 Å². The van der Waals surface area contributed by atoms with Crippen LogP contribution in [0.2, 0.25) is 0 Å². The number of aryl methyl sites for hydroxylation is 2. The van der Waals surface area contributed by atoms with Crippen molar-refractivity contribution >= 4 is 11.7 Å². The Kier molecular flexibility index (Phi) is 5.02. The zero-order chi connectivity index (χ0) is 19.5. The van der Waals surface area contributed by atoms with Gasteiger partial charge in [-0.3, -0.25) is 9.48 Å². The Morgan fingerprint density at radius 3 is 2.96 bits per heavy atom. The summed E-state index contributed by atoms with van der Waals surface area (Å²) in [6.45, 7) is 0.766. The van der Waals surface area contributed by atoms with E-state index in [1.165, 1.54) is 5.56 Å². The number of amides is 1. The maximum Gasteiger partial charge on any atom is 0.229 e. The Hall–Kier alpha value is -3.28. The summed E-state index contributed by atoms with van der Waals surface area (Å²) in [6.07, 6.45) is 2.32. The lowest BCUT2D eigenvalue weighted by Crippen LogP contribution is -2.17. The van der Waals surface area contributed by atoms with Gasteiger partial charge in [0, 0.05) is 18.7 Å². The van der Waals surface area contributed by atoms with Gasteiger partial charge in [0.2, 0.25) is 5.91 Å². The lowest BCUT2D eigenvalue weighted by atomic mass is 10.0. The zero-order valence-corrected chi connectivity index (χ0v) is 16.1. The van der Waals surface area contributed by atoms with Crippen LogP contribution in [-0.4, -0.2) is 29.4 Å². The number of carbonyl (C=O) groups excluding carboxylic acids is 1. The van der Waals surface area contributed by atoms with Crippen LogP contribution in [0.5, 0.6) is 11.5 Å². The minimum absolute atomic E-state index is 0.0775. The summed E-state index contributed by atoms with van der Waals surface area (Å²) in [4.78, 5) is 12.6. The Balaban J connectivity index is 1.48. The van der Waals surface area contributed by atoms with Crippen LogP contribution in [0.15, 0.2) is 48.5 Å². The second kappa shape index (κ2) is 7.76. The zero-order valence-electron chi connectivity index (χ0n) is 16.1. The highest BCUT2D eigenvalue weighted by Gasteiger charge is 2.15. The first-order chi connectivity index (χ1) is 13.6. The lowest BCUT2D eigenvalue weighted by molar-refractivity contribution is -0.115. The SMILES string of the molecule is COc1ccccc1-c1cc(NC(=O)Cc2ccc3c(c2)CCCO3)n(C)n1. The Morgan fingerprint density at radius 2 is 2.11 bits per heavy atom. The van der Waals surface area contributed by atoms with Gasteiger partial charge in [0.15, 0.2) is 0 Å². The predicted molar refractivity (Wildman–Crippen MR) is 108 cm³/mol. The van der Waals surface area contributed by atoms with Crippen molar-refractivity contribution in [1.82, 2.24) is 9.78 Å². The number of aromatic nitrogens is 2. The second-order valence-corrected chi connectivity index (χ2v) is 6.86. The molecule has 0 aliphatic carbocycles. The molecule has 0 unspecified atom stereocenters. The van der Waals surface area contributed by atoms with E-state index < -0.39 is 0 Å². The summed E-state index contributed by atoms with van der Waals surface area (Å²) >= 11 is 0. The van der Waals surface area contributed by atoms with E-state index in [1.54, 1.807) is 11.8 Å². The summed E-state index contributed by atoms with van der Waals surface area (Å²) in [5.74, 6) is 2.25. The molecule has 28 heavy (non-hydrogen) atoms. The van der Waals surface area contributed by atoms with Gasteiger partial charge in [-0.1, -0.05) is 24.3 Å². The van der Waals surface area contributed by atoms with E-state index in [0.717, 1.165) is 47.8 Å². The van der Waals surface area contributed by atoms with Crippen molar-refractivity contribution < 1.29 is 14.3 Å². The Morgan fingerprint density at radius 1 is 1.25 bits per heavy atom. The van der Waals surface area contributed by atoms with E-state index in [-0.39, 0.29) is 5.91 Å². The first-order valence-electron chi connectivity index (χ1n) is 9.36. The molecule has 1 amide bonds. The molecule has 4 rings (SSSR count). The van der Waals surface area contributed by atoms with Crippen LogP contribution < -0.4 is 14.8 Å². The average Bonchev–Trinajstić information content (AvgIpc) is 3.07. The van der Waals surface area contributed by atoms with Gasteiger partial charge in [-0.2, -0.15) is 5.10 Å². The fourth-order valence-electron chi connectivity index (χ4n) is 3.47. The van der Waals surface area contributed by atoms with E-state index in [0.29, 0.717) is 12.2 Å². The number of anilines is 1. The molecule has 0 fully saturated rings. The molecule has 3 aromatic rings. The van der Waals surface area contributed by atoms with Crippen LogP contribution >= 0.6 is 0 Å². The standard InChI is InChI=1S/C22H23N3O3/c1-25-21(14-18(24-25)17-7-3-4-8-20(17)27-2)23-22(26)13-15-9-10-19-16(12-15)6-5-11-28-19/h3-4,7-10,12,14H,5-6,11,13H2,1-2H3,(H,23,26). The van der Waals surface area contributed by atoms with Gasteiger partial charge in [0.25, 0.3) is 0 Å². The number of nitrogens with zero attached hydrogens (tertiary/aromatic N) is 2. The van der Waals surface area contributed by atoms with Crippen molar-refractivity contribution in [2.45, 2.75) is 19.3 Å². The molecule has 1 aromatic heterocycles. The summed E-state index contributed by atoms with van der Waals surface area (Å²) in [5.41, 5.74) is 3.79. The maximum absolute atomic E-state index is 12.6. The highest BCUT2D eigenvalue weighted by Crippen LogP contribution is 2.30. The van der Waals surface area contributed by atoms with Crippen LogP contribution in [0.3, 0.4) is 0 Å². The van der Waals surface area contributed by atoms with E-state index in [2.05, 4.69) is 16.5 Å². The molecule has 1 aliphatic rings.